The van der Waals surface area contributed by atoms with Crippen LogP contribution in [0.5, 0.6) is 0 Å². The molecular formula is C16H15ClN2O3. The number of benzene rings is 2. The van der Waals surface area contributed by atoms with Gasteiger partial charge in [0.25, 0.3) is 11.6 Å². The lowest BCUT2D eigenvalue weighted by Crippen LogP contribution is -2.26. The Kier molecular flexibility index (Phi) is 4.78. The summed E-state index contributed by atoms with van der Waals surface area (Å²) in [6.45, 7) is 3.46. The fraction of sp³-hybridized carbons (Fsp3) is 0.188. The minimum Gasteiger partial charge on any atom is -0.346 e. The van der Waals surface area contributed by atoms with Gasteiger partial charge in [0.15, 0.2) is 0 Å². The van der Waals surface area contributed by atoms with E-state index in [0.717, 1.165) is 5.56 Å². The molecule has 2 aromatic rings. The lowest BCUT2D eigenvalue weighted by molar-refractivity contribution is -0.385. The fourth-order valence-corrected chi connectivity index (χ4v) is 2.29. The SMILES string of the molecule is Cc1ccc(C(=O)NC(C)c2cccc(Cl)c2)cc1[N+](=O)[O-]. The van der Waals surface area contributed by atoms with E-state index in [9.17, 15) is 14.9 Å². The van der Waals surface area contributed by atoms with Crippen LogP contribution < -0.4 is 5.32 Å². The van der Waals surface area contributed by atoms with Crippen molar-refractivity contribution in [3.8, 4) is 0 Å². The van der Waals surface area contributed by atoms with Gasteiger partial charge in [0.2, 0.25) is 0 Å². The van der Waals surface area contributed by atoms with Gasteiger partial charge in [-0.2, -0.15) is 0 Å². The second-order valence-corrected chi connectivity index (χ2v) is 5.44. The standard InChI is InChI=1S/C16H15ClN2O3/c1-10-6-7-13(9-15(10)19(21)22)16(20)18-11(2)12-4-3-5-14(17)8-12/h3-9,11H,1-2H3,(H,18,20). The molecule has 1 atom stereocenters. The number of carbonyl (C=O) groups excluding carboxylic acids is 1. The molecule has 5 nitrogen and oxygen atoms in total. The Morgan fingerprint density at radius 2 is 2.00 bits per heavy atom. The van der Waals surface area contributed by atoms with Crippen molar-refractivity contribution in [2.45, 2.75) is 19.9 Å². The molecule has 0 heterocycles. The van der Waals surface area contributed by atoms with Crippen LogP contribution in [-0.4, -0.2) is 10.8 Å². The van der Waals surface area contributed by atoms with E-state index in [1.54, 1.807) is 37.3 Å². The second-order valence-electron chi connectivity index (χ2n) is 5.01. The summed E-state index contributed by atoms with van der Waals surface area (Å²) in [5.41, 5.74) is 1.57. The maximum absolute atomic E-state index is 12.2. The van der Waals surface area contributed by atoms with Crippen LogP contribution in [0.15, 0.2) is 42.5 Å². The van der Waals surface area contributed by atoms with Gasteiger partial charge in [-0.15, -0.1) is 0 Å². The first-order chi connectivity index (χ1) is 10.4. The lowest BCUT2D eigenvalue weighted by atomic mass is 10.1. The maximum Gasteiger partial charge on any atom is 0.273 e. The smallest absolute Gasteiger partial charge is 0.273 e. The Balaban J connectivity index is 2.19. The van der Waals surface area contributed by atoms with Gasteiger partial charge >= 0.3 is 0 Å². The summed E-state index contributed by atoms with van der Waals surface area (Å²) >= 11 is 5.93. The summed E-state index contributed by atoms with van der Waals surface area (Å²) in [7, 11) is 0. The number of nitro benzene ring substituents is 1. The van der Waals surface area contributed by atoms with Crippen molar-refractivity contribution in [3.05, 3.63) is 74.3 Å². The number of amides is 1. The molecule has 114 valence electrons. The topological polar surface area (TPSA) is 72.2 Å². The largest absolute Gasteiger partial charge is 0.346 e. The number of hydrogen-bond donors (Lipinski definition) is 1. The summed E-state index contributed by atoms with van der Waals surface area (Å²) in [5.74, 6) is -0.365. The molecule has 0 aliphatic rings. The van der Waals surface area contributed by atoms with E-state index in [4.69, 9.17) is 11.6 Å². The summed E-state index contributed by atoms with van der Waals surface area (Å²) < 4.78 is 0. The first-order valence-corrected chi connectivity index (χ1v) is 7.07. The Morgan fingerprint density at radius 1 is 1.27 bits per heavy atom. The molecular weight excluding hydrogens is 304 g/mol. The second kappa shape index (κ2) is 6.58. The zero-order valence-corrected chi connectivity index (χ0v) is 12.9. The van der Waals surface area contributed by atoms with Gasteiger partial charge in [0.05, 0.1) is 11.0 Å². The average molecular weight is 319 g/mol. The highest BCUT2D eigenvalue weighted by molar-refractivity contribution is 6.30. The average Bonchev–Trinajstić information content (AvgIpc) is 2.47. The number of rotatable bonds is 4. The van der Waals surface area contributed by atoms with Crippen LogP contribution >= 0.6 is 11.6 Å². The van der Waals surface area contributed by atoms with Crippen molar-refractivity contribution in [2.75, 3.05) is 0 Å². The van der Waals surface area contributed by atoms with E-state index >= 15 is 0 Å². The van der Waals surface area contributed by atoms with Crippen LogP contribution in [0.3, 0.4) is 0 Å². The molecule has 2 aromatic carbocycles. The third-order valence-electron chi connectivity index (χ3n) is 3.36. The normalized spacial score (nSPS) is 11.8. The van der Waals surface area contributed by atoms with Gasteiger partial charge in [0.1, 0.15) is 0 Å². The van der Waals surface area contributed by atoms with E-state index in [0.29, 0.717) is 10.6 Å². The molecule has 1 unspecified atom stereocenters. The van der Waals surface area contributed by atoms with Crippen LogP contribution in [0.4, 0.5) is 5.69 Å². The van der Waals surface area contributed by atoms with Crippen LogP contribution in [-0.2, 0) is 0 Å². The van der Waals surface area contributed by atoms with E-state index in [-0.39, 0.29) is 23.2 Å². The first kappa shape index (κ1) is 16.0. The monoisotopic (exact) mass is 318 g/mol. The number of hydrogen-bond acceptors (Lipinski definition) is 3. The lowest BCUT2D eigenvalue weighted by Gasteiger charge is -2.14. The Bertz CT molecular complexity index is 731. The van der Waals surface area contributed by atoms with Gasteiger partial charge in [0, 0.05) is 22.2 Å². The third-order valence-corrected chi connectivity index (χ3v) is 3.60. The molecule has 2 rings (SSSR count). The zero-order chi connectivity index (χ0) is 16.3. The molecule has 0 spiro atoms. The summed E-state index contributed by atoms with van der Waals surface area (Å²) in [4.78, 5) is 22.7. The quantitative estimate of drug-likeness (QED) is 0.682. The highest BCUT2D eigenvalue weighted by atomic mass is 35.5. The minimum absolute atomic E-state index is 0.0666. The van der Waals surface area contributed by atoms with Crippen molar-refractivity contribution in [1.82, 2.24) is 5.32 Å². The third kappa shape index (κ3) is 3.62. The summed E-state index contributed by atoms with van der Waals surface area (Å²) in [5, 5.41) is 14.3. The van der Waals surface area contributed by atoms with Crippen molar-refractivity contribution in [3.63, 3.8) is 0 Å². The number of halogens is 1. The number of nitro groups is 1. The minimum atomic E-state index is -0.494. The Hall–Kier alpha value is -2.40. The number of carbonyl (C=O) groups is 1. The van der Waals surface area contributed by atoms with Gasteiger partial charge in [-0.1, -0.05) is 29.8 Å². The Labute approximate surface area is 133 Å². The van der Waals surface area contributed by atoms with E-state index in [1.807, 2.05) is 13.0 Å². The van der Waals surface area contributed by atoms with Gasteiger partial charge in [-0.05, 0) is 37.6 Å². The van der Waals surface area contributed by atoms with Crippen LogP contribution in [0.1, 0.15) is 34.5 Å². The number of nitrogens with one attached hydrogen (secondary N) is 1. The molecule has 0 saturated heterocycles. The van der Waals surface area contributed by atoms with Gasteiger partial charge in [-0.3, -0.25) is 14.9 Å². The maximum atomic E-state index is 12.2. The summed E-state index contributed by atoms with van der Waals surface area (Å²) in [6, 6.07) is 11.3. The van der Waals surface area contributed by atoms with Crippen molar-refractivity contribution in [2.24, 2.45) is 0 Å². The highest BCUT2D eigenvalue weighted by Crippen LogP contribution is 2.21. The first-order valence-electron chi connectivity index (χ1n) is 6.70. The van der Waals surface area contributed by atoms with Crippen LogP contribution in [0, 0.1) is 17.0 Å². The molecule has 0 radical (unpaired) electrons. The molecule has 1 N–H and O–H groups in total. The molecule has 0 aliphatic heterocycles. The number of aryl methyl sites for hydroxylation is 1. The molecule has 22 heavy (non-hydrogen) atoms. The molecule has 0 saturated carbocycles. The molecule has 0 bridgehead atoms. The zero-order valence-electron chi connectivity index (χ0n) is 12.2. The molecule has 0 fully saturated rings. The van der Waals surface area contributed by atoms with E-state index < -0.39 is 4.92 Å². The van der Waals surface area contributed by atoms with Crippen molar-refractivity contribution >= 4 is 23.2 Å². The van der Waals surface area contributed by atoms with Gasteiger partial charge < -0.3 is 5.32 Å². The van der Waals surface area contributed by atoms with Crippen LogP contribution in [0.2, 0.25) is 5.02 Å². The van der Waals surface area contributed by atoms with E-state index in [2.05, 4.69) is 5.32 Å². The Morgan fingerprint density at radius 3 is 2.64 bits per heavy atom. The predicted molar refractivity (Wildman–Crippen MR) is 85.2 cm³/mol. The molecule has 0 aromatic heterocycles. The molecule has 6 heteroatoms. The van der Waals surface area contributed by atoms with Crippen molar-refractivity contribution < 1.29 is 9.72 Å². The van der Waals surface area contributed by atoms with Gasteiger partial charge in [-0.25, -0.2) is 0 Å². The highest BCUT2D eigenvalue weighted by Gasteiger charge is 2.16. The van der Waals surface area contributed by atoms with E-state index in [1.165, 1.54) is 6.07 Å². The summed E-state index contributed by atoms with van der Waals surface area (Å²) in [6.07, 6.45) is 0. The number of nitrogens with zero attached hydrogens (tertiary/aromatic N) is 1. The van der Waals surface area contributed by atoms with Crippen molar-refractivity contribution in [1.29, 1.82) is 0 Å². The van der Waals surface area contributed by atoms with Crippen LogP contribution in [0.25, 0.3) is 0 Å². The molecule has 0 aliphatic carbocycles. The molecule has 1 amide bonds. The predicted octanol–water partition coefficient (Wildman–Crippen LogP) is 4.05. The fourth-order valence-electron chi connectivity index (χ4n) is 2.09.